The molecule has 29 heteroatoms. The van der Waals surface area contributed by atoms with Crippen LogP contribution in [0.2, 0.25) is 38.2 Å². The van der Waals surface area contributed by atoms with E-state index in [1.54, 1.807) is 12.1 Å². The summed E-state index contributed by atoms with van der Waals surface area (Å²) in [5, 5.41) is 9.15. The number of nitrogens with one attached hydrogen (secondary N) is 6. The van der Waals surface area contributed by atoms with Crippen molar-refractivity contribution in [2.24, 2.45) is 0 Å². The number of amides is 3. The molecule has 3 aromatic carbocycles. The number of hydrogen-bond donors (Lipinski definition) is 6. The molecular weight excluding hydrogens is 1370 g/mol. The van der Waals surface area contributed by atoms with Crippen molar-refractivity contribution in [3.05, 3.63) is 116 Å². The van der Waals surface area contributed by atoms with Crippen LogP contribution in [0.15, 0.2) is 84.9 Å². The van der Waals surface area contributed by atoms with Gasteiger partial charge < -0.3 is 84.9 Å². The van der Waals surface area contributed by atoms with Crippen molar-refractivity contribution in [2.45, 2.75) is 99.7 Å². The topological polar surface area (TPSA) is 258 Å². The highest BCUT2D eigenvalue weighted by Crippen LogP contribution is 2.45. The second-order valence-corrected chi connectivity index (χ2v) is 31.3. The average Bonchev–Trinajstić information content (AvgIpc) is 1.68. The van der Waals surface area contributed by atoms with Gasteiger partial charge in [0.25, 0.3) is 0 Å². The van der Waals surface area contributed by atoms with Gasteiger partial charge in [-0.2, -0.15) is 0 Å². The van der Waals surface area contributed by atoms with E-state index in [0.717, 1.165) is 0 Å². The predicted molar refractivity (Wildman–Crippen MR) is 384 cm³/mol. The van der Waals surface area contributed by atoms with Gasteiger partial charge in [0, 0.05) is 177 Å². The average molecular weight is 1450 g/mol. The summed E-state index contributed by atoms with van der Waals surface area (Å²) < 4.78 is 71.2. The molecule has 1 aliphatic rings. The monoisotopic (exact) mass is 1450 g/mol. The molecule has 5 heterocycles. The lowest BCUT2D eigenvalue weighted by atomic mass is 10.0. The minimum atomic E-state index is -2.93. The largest absolute Gasteiger partial charge is 0.500 e. The Hall–Kier alpha value is -6.35. The quantitative estimate of drug-likeness (QED) is 0.0158. The van der Waals surface area contributed by atoms with Gasteiger partial charge >= 0.3 is 44.7 Å². The Kier molecular flexibility index (Phi) is 28.7. The second kappa shape index (κ2) is 36.5. The Bertz CT molecular complexity index is 3830. The zero-order valence-corrected chi connectivity index (χ0v) is 61.6. The van der Waals surface area contributed by atoms with Gasteiger partial charge in [-0.15, -0.1) is 0 Å². The second-order valence-electron chi connectivity index (χ2n) is 21.5. The van der Waals surface area contributed by atoms with E-state index in [1.165, 1.54) is 24.3 Å². The van der Waals surface area contributed by atoms with E-state index in [1.807, 2.05) is 123 Å². The number of aromatic nitrogens is 4. The number of nitrogens with zero attached hydrogens (tertiary/aromatic N) is 1. The van der Waals surface area contributed by atoms with Crippen LogP contribution in [0.1, 0.15) is 93.0 Å². The smallest absolute Gasteiger partial charge is 0.410 e. The molecular formula is C67H85Cl4N7O15Si3. The van der Waals surface area contributed by atoms with E-state index in [4.69, 9.17) is 105 Å². The molecule has 0 aliphatic carbocycles. The van der Waals surface area contributed by atoms with Crippen LogP contribution in [0.5, 0.6) is 17.2 Å². The lowest BCUT2D eigenvalue weighted by Crippen LogP contribution is -2.46. The SMILES string of the molecule is CCO[Si](CCCNC(=O)Oc1ccc(-c2c3ccc([nH]3)c(-c3c(Cl)cc(OC(=O)NCCC[Si](OCC)(OCC)OCC)cc3Cl)c3nc(c4ccc([nH]4)c(-c4c(Cl)cc(OC(=O)NCCC[Si](OCC)(OCC)OCC)cc4Cl)c4ccc2[nH]4)C=C3)cc1)(OCC)OCC. The summed E-state index contributed by atoms with van der Waals surface area (Å²) in [5.74, 6) is 0.510. The van der Waals surface area contributed by atoms with E-state index < -0.39 is 44.7 Å². The molecule has 1 aliphatic heterocycles. The molecule has 0 atom stereocenters. The number of halogens is 4. The van der Waals surface area contributed by atoms with Crippen LogP contribution >= 0.6 is 46.4 Å². The maximum Gasteiger partial charge on any atom is 0.500 e. The summed E-state index contributed by atoms with van der Waals surface area (Å²) in [6, 6.07) is 26.2. The fourth-order valence-corrected chi connectivity index (χ4v) is 20.4. The van der Waals surface area contributed by atoms with Crippen LogP contribution in [0, 0.1) is 0 Å². The first-order chi connectivity index (χ1) is 46.4. The Morgan fingerprint density at radius 2 is 0.656 bits per heavy atom. The maximum atomic E-state index is 13.3. The van der Waals surface area contributed by atoms with Crippen LogP contribution < -0.4 is 30.2 Å². The van der Waals surface area contributed by atoms with Gasteiger partial charge in [0.1, 0.15) is 17.2 Å². The molecule has 0 spiro atoms. The van der Waals surface area contributed by atoms with Gasteiger partial charge in [-0.05, 0) is 148 Å². The summed E-state index contributed by atoms with van der Waals surface area (Å²) in [6.07, 6.45) is 3.26. The number of H-pyrrole nitrogens is 3. The summed E-state index contributed by atoms with van der Waals surface area (Å²) >= 11 is 29.1. The lowest BCUT2D eigenvalue weighted by molar-refractivity contribution is 0.0700. The van der Waals surface area contributed by atoms with Crippen LogP contribution in [0.3, 0.4) is 0 Å². The first-order valence-corrected chi connectivity index (χ1v) is 39.8. The fraction of sp³-hybridized carbons (Fsp3) is 0.403. The van der Waals surface area contributed by atoms with Gasteiger partial charge in [-0.3, -0.25) is 0 Å². The third-order valence-electron chi connectivity index (χ3n) is 14.9. The van der Waals surface area contributed by atoms with Crippen molar-refractivity contribution < 1.29 is 68.4 Å². The van der Waals surface area contributed by atoms with Crippen molar-refractivity contribution in [3.63, 3.8) is 0 Å². The minimum Gasteiger partial charge on any atom is -0.410 e. The molecule has 0 radical (unpaired) electrons. The van der Waals surface area contributed by atoms with Crippen LogP contribution in [-0.2, 0) is 39.8 Å². The van der Waals surface area contributed by atoms with Crippen molar-refractivity contribution in [1.82, 2.24) is 35.9 Å². The molecule has 0 saturated heterocycles. The van der Waals surface area contributed by atoms with E-state index in [2.05, 4.69) is 30.9 Å². The number of carbonyl (C=O) groups excluding carboxylic acids is 3. The Balaban J connectivity index is 1.17. The van der Waals surface area contributed by atoms with Gasteiger partial charge in [-0.1, -0.05) is 58.5 Å². The molecule has 22 nitrogen and oxygen atoms in total. The fourth-order valence-electron chi connectivity index (χ4n) is 11.3. The first-order valence-electron chi connectivity index (χ1n) is 32.5. The number of carbonyl (C=O) groups is 3. The van der Waals surface area contributed by atoms with Crippen LogP contribution in [0.25, 0.3) is 78.6 Å². The zero-order valence-electron chi connectivity index (χ0n) is 55.5. The molecule has 518 valence electrons. The molecule has 4 aromatic heterocycles. The maximum absolute atomic E-state index is 13.3. The van der Waals surface area contributed by atoms with Gasteiger partial charge in [0.2, 0.25) is 0 Å². The highest BCUT2D eigenvalue weighted by Gasteiger charge is 2.42. The summed E-state index contributed by atoms with van der Waals surface area (Å²) in [6.45, 7) is 21.8. The molecule has 0 fully saturated rings. The van der Waals surface area contributed by atoms with E-state index in [0.29, 0.717) is 187 Å². The third kappa shape index (κ3) is 19.5. The van der Waals surface area contributed by atoms with Gasteiger partial charge in [0.05, 0.1) is 37.0 Å². The zero-order chi connectivity index (χ0) is 68.8. The van der Waals surface area contributed by atoms with Crippen LogP contribution in [-0.4, -0.2) is 144 Å². The lowest BCUT2D eigenvalue weighted by Gasteiger charge is -2.28. The number of aromatic amines is 3. The molecule has 0 saturated carbocycles. The Morgan fingerprint density at radius 3 is 1.01 bits per heavy atom. The molecule has 8 bridgehead atoms. The van der Waals surface area contributed by atoms with Gasteiger partial charge in [0.15, 0.2) is 0 Å². The number of rotatable bonds is 36. The molecule has 7 aromatic rings. The van der Waals surface area contributed by atoms with E-state index in [-0.39, 0.29) is 44.7 Å². The number of fused-ring (bicyclic) bond motifs is 9. The van der Waals surface area contributed by atoms with Crippen LogP contribution in [0.4, 0.5) is 14.4 Å². The first kappa shape index (κ1) is 75.4. The highest BCUT2D eigenvalue weighted by atomic mass is 35.5. The van der Waals surface area contributed by atoms with Crippen molar-refractivity contribution in [3.8, 4) is 50.6 Å². The predicted octanol–water partition coefficient (Wildman–Crippen LogP) is 16.9. The van der Waals surface area contributed by atoms with Crippen molar-refractivity contribution >= 4 is 136 Å². The summed E-state index contributed by atoms with van der Waals surface area (Å²) in [5.41, 5.74) is 8.11. The number of hydrogen-bond acceptors (Lipinski definition) is 16. The standard InChI is InChI=1S/C67H85Cl4N7O15Si3/c1-10-82-94(83-11-2,84-12-3)37-19-34-72-65(79)91-45-24-22-44(23-25-45)60-54-30-32-58(77-54)63(61-48(68)40-46(41-49(61)69)92-66(80)73-35-20-38-95(85-13-4,86-14-5)87-15-6)56-28-26-52(75-56)53-27-29-57(76-53)64(59-33-31-55(60)78-59)62-50(70)42-47(43-51(62)71)93-67(81)74-36-21-39-96(88-16-7,89-17-8)90-18-9/h22-33,40-43,75,77-78H,10-21,34-39H2,1-9H3,(H,72,79)(H,73,80)(H,74,81). The summed E-state index contributed by atoms with van der Waals surface area (Å²) in [7, 11) is -8.78. The Morgan fingerprint density at radius 1 is 0.365 bits per heavy atom. The van der Waals surface area contributed by atoms with Crippen molar-refractivity contribution in [2.75, 3.05) is 79.1 Å². The van der Waals surface area contributed by atoms with Crippen molar-refractivity contribution in [1.29, 1.82) is 0 Å². The highest BCUT2D eigenvalue weighted by molar-refractivity contribution is 6.61. The minimum absolute atomic E-state index is 0.107. The summed E-state index contributed by atoms with van der Waals surface area (Å²) in [4.78, 5) is 56.0. The third-order valence-corrected chi connectivity index (χ3v) is 25.6. The number of ether oxygens (including phenoxy) is 3. The molecule has 6 N–H and O–H groups in total. The number of benzene rings is 3. The normalized spacial score (nSPS) is 12.2. The Labute approximate surface area is 583 Å². The van der Waals surface area contributed by atoms with Gasteiger partial charge in [-0.25, -0.2) is 19.4 Å². The molecule has 8 rings (SSSR count). The van der Waals surface area contributed by atoms with E-state index in [9.17, 15) is 14.4 Å². The molecule has 96 heavy (non-hydrogen) atoms. The molecule has 0 unspecified atom stereocenters. The van der Waals surface area contributed by atoms with E-state index >= 15 is 0 Å². The molecule has 3 amide bonds.